The van der Waals surface area contributed by atoms with E-state index in [1.54, 1.807) is 0 Å². The highest BCUT2D eigenvalue weighted by Crippen LogP contribution is 2.30. The molecule has 5 nitrogen and oxygen atoms in total. The van der Waals surface area contributed by atoms with E-state index in [0.29, 0.717) is 22.6 Å². The molecule has 0 aliphatic heterocycles. The minimum Gasteiger partial charge on any atom is -0.352 e. The van der Waals surface area contributed by atoms with Crippen LogP contribution in [0.2, 0.25) is 5.02 Å². The molecular weight excluding hydrogens is 380 g/mol. The minimum absolute atomic E-state index is 0.0737. The number of nitrogens with zero attached hydrogens (tertiary/aromatic N) is 3. The summed E-state index contributed by atoms with van der Waals surface area (Å²) < 4.78 is 2.03. The lowest BCUT2D eigenvalue weighted by atomic mass is 9.78. The molecule has 1 aliphatic rings. The number of halogens is 1. The van der Waals surface area contributed by atoms with Crippen LogP contribution in [-0.2, 0) is 11.3 Å². The van der Waals surface area contributed by atoms with Crippen LogP contribution in [0.3, 0.4) is 0 Å². The maximum absolute atomic E-state index is 12.4. The molecule has 1 N–H and O–H groups in total. The Balaban J connectivity index is 1.62. The van der Waals surface area contributed by atoms with E-state index < -0.39 is 0 Å². The van der Waals surface area contributed by atoms with E-state index in [4.69, 9.17) is 11.6 Å². The van der Waals surface area contributed by atoms with Crippen molar-refractivity contribution in [1.29, 1.82) is 0 Å². The van der Waals surface area contributed by atoms with Crippen molar-refractivity contribution in [3.63, 3.8) is 0 Å². The lowest BCUT2D eigenvalue weighted by Gasteiger charge is -2.34. The zero-order valence-electron chi connectivity index (χ0n) is 16.1. The average molecular weight is 407 g/mol. The van der Waals surface area contributed by atoms with Gasteiger partial charge in [-0.3, -0.25) is 4.79 Å². The monoisotopic (exact) mass is 406 g/mol. The molecule has 1 amide bonds. The number of thioether (sulfide) groups is 1. The van der Waals surface area contributed by atoms with Crippen LogP contribution in [0, 0.1) is 11.8 Å². The third kappa shape index (κ3) is 4.85. The summed E-state index contributed by atoms with van der Waals surface area (Å²) in [5.41, 5.74) is 0.968. The number of hydrogen-bond donors (Lipinski definition) is 1. The topological polar surface area (TPSA) is 59.8 Å². The molecule has 3 atom stereocenters. The van der Waals surface area contributed by atoms with Crippen molar-refractivity contribution >= 4 is 29.3 Å². The van der Waals surface area contributed by atoms with Crippen LogP contribution in [0.15, 0.2) is 29.4 Å². The van der Waals surface area contributed by atoms with Gasteiger partial charge >= 0.3 is 0 Å². The average Bonchev–Trinajstić information content (AvgIpc) is 3.07. The highest BCUT2D eigenvalue weighted by atomic mass is 35.5. The maximum atomic E-state index is 12.4. The van der Waals surface area contributed by atoms with E-state index in [9.17, 15) is 4.79 Å². The third-order valence-corrected chi connectivity index (χ3v) is 6.74. The molecule has 1 aromatic heterocycles. The van der Waals surface area contributed by atoms with E-state index in [2.05, 4.69) is 36.3 Å². The van der Waals surface area contributed by atoms with Gasteiger partial charge in [0.2, 0.25) is 5.91 Å². The zero-order valence-corrected chi connectivity index (χ0v) is 17.7. The van der Waals surface area contributed by atoms with Crippen molar-refractivity contribution < 1.29 is 4.79 Å². The van der Waals surface area contributed by atoms with Gasteiger partial charge in [-0.15, -0.1) is 10.2 Å². The Hall–Kier alpha value is -1.53. The standard InChI is InChI=1S/C20H27ClN4OS/c1-4-25-19(15-8-10-16(21)11-9-15)23-24-20(25)27-12-18(26)22-17-7-5-6-13(2)14(17)3/h8-11,13-14,17H,4-7,12H2,1-3H3,(H,22,26)/t13-,14+,17+/m0/s1. The summed E-state index contributed by atoms with van der Waals surface area (Å²) in [5.74, 6) is 2.43. The van der Waals surface area contributed by atoms with Crippen molar-refractivity contribution in [3.8, 4) is 11.4 Å². The van der Waals surface area contributed by atoms with Gasteiger partial charge in [-0.25, -0.2) is 0 Å². The van der Waals surface area contributed by atoms with Crippen LogP contribution >= 0.6 is 23.4 Å². The quantitative estimate of drug-likeness (QED) is 0.709. The molecule has 3 rings (SSSR count). The molecular formula is C20H27ClN4OS. The summed E-state index contributed by atoms with van der Waals surface area (Å²) in [5, 5.41) is 13.3. The maximum Gasteiger partial charge on any atom is 0.230 e. The van der Waals surface area contributed by atoms with Gasteiger partial charge in [0.1, 0.15) is 0 Å². The predicted molar refractivity (Wildman–Crippen MR) is 111 cm³/mol. The van der Waals surface area contributed by atoms with Gasteiger partial charge < -0.3 is 9.88 Å². The largest absolute Gasteiger partial charge is 0.352 e. The second-order valence-electron chi connectivity index (χ2n) is 7.29. The Morgan fingerprint density at radius 3 is 2.70 bits per heavy atom. The number of hydrogen-bond acceptors (Lipinski definition) is 4. The van der Waals surface area contributed by atoms with Gasteiger partial charge in [0.25, 0.3) is 0 Å². The first kappa shape index (κ1) is 20.2. The first-order chi connectivity index (χ1) is 13.0. The molecule has 1 saturated carbocycles. The second-order valence-corrected chi connectivity index (χ2v) is 8.67. The zero-order chi connectivity index (χ0) is 19.4. The van der Waals surface area contributed by atoms with Crippen LogP contribution in [0.25, 0.3) is 11.4 Å². The van der Waals surface area contributed by atoms with E-state index in [0.717, 1.165) is 29.5 Å². The van der Waals surface area contributed by atoms with E-state index in [-0.39, 0.29) is 11.9 Å². The van der Waals surface area contributed by atoms with Gasteiger partial charge in [0, 0.05) is 23.2 Å². The molecule has 0 unspecified atom stereocenters. The Morgan fingerprint density at radius 2 is 2.00 bits per heavy atom. The number of carbonyl (C=O) groups excluding carboxylic acids is 1. The van der Waals surface area contributed by atoms with Crippen molar-refractivity contribution in [2.24, 2.45) is 11.8 Å². The predicted octanol–water partition coefficient (Wildman–Crippen LogP) is 4.65. The molecule has 0 spiro atoms. The third-order valence-electron chi connectivity index (χ3n) is 5.52. The Labute approximate surface area is 170 Å². The molecule has 1 aliphatic carbocycles. The highest BCUT2D eigenvalue weighted by molar-refractivity contribution is 7.99. The highest BCUT2D eigenvalue weighted by Gasteiger charge is 2.28. The van der Waals surface area contributed by atoms with Gasteiger partial charge in [-0.1, -0.05) is 50.1 Å². The summed E-state index contributed by atoms with van der Waals surface area (Å²) in [6, 6.07) is 7.85. The molecule has 1 heterocycles. The van der Waals surface area contributed by atoms with Gasteiger partial charge in [0.15, 0.2) is 11.0 Å². The van der Waals surface area contributed by atoms with Crippen molar-refractivity contribution in [2.45, 2.75) is 57.8 Å². The first-order valence-electron chi connectivity index (χ1n) is 9.61. The van der Waals surface area contributed by atoms with Crippen LogP contribution in [0.5, 0.6) is 0 Å². The van der Waals surface area contributed by atoms with Crippen LogP contribution < -0.4 is 5.32 Å². The molecule has 146 valence electrons. The summed E-state index contributed by atoms with van der Waals surface area (Å²) in [6.07, 6.45) is 3.53. The van der Waals surface area contributed by atoms with Gasteiger partial charge in [-0.2, -0.15) is 0 Å². The van der Waals surface area contributed by atoms with Crippen molar-refractivity contribution in [2.75, 3.05) is 5.75 Å². The summed E-state index contributed by atoms with van der Waals surface area (Å²) in [7, 11) is 0. The summed E-state index contributed by atoms with van der Waals surface area (Å²) in [6.45, 7) is 7.32. The molecule has 0 saturated heterocycles. The Morgan fingerprint density at radius 1 is 1.26 bits per heavy atom. The molecule has 7 heteroatoms. The van der Waals surface area contributed by atoms with Crippen LogP contribution in [-0.4, -0.2) is 32.5 Å². The fourth-order valence-electron chi connectivity index (χ4n) is 3.66. The van der Waals surface area contributed by atoms with E-state index >= 15 is 0 Å². The molecule has 1 aromatic carbocycles. The lowest BCUT2D eigenvalue weighted by Crippen LogP contribution is -2.44. The number of rotatable bonds is 6. The molecule has 0 radical (unpaired) electrons. The normalized spacial score (nSPS) is 22.6. The number of benzene rings is 1. The molecule has 2 aromatic rings. The lowest BCUT2D eigenvalue weighted by molar-refractivity contribution is -0.120. The second kappa shape index (κ2) is 9.11. The minimum atomic E-state index is 0.0737. The fraction of sp³-hybridized carbons (Fsp3) is 0.550. The van der Waals surface area contributed by atoms with Crippen LogP contribution in [0.4, 0.5) is 0 Å². The number of carbonyl (C=O) groups is 1. The SMILES string of the molecule is CCn1c(SCC(=O)N[C@@H]2CCC[C@H](C)[C@H]2C)nnc1-c1ccc(Cl)cc1. The van der Waals surface area contributed by atoms with E-state index in [1.165, 1.54) is 24.6 Å². The summed E-state index contributed by atoms with van der Waals surface area (Å²) >= 11 is 7.41. The fourth-order valence-corrected chi connectivity index (χ4v) is 4.60. The Kier molecular flexibility index (Phi) is 6.82. The van der Waals surface area contributed by atoms with Gasteiger partial charge in [-0.05, 0) is 49.4 Å². The molecule has 27 heavy (non-hydrogen) atoms. The molecule has 0 bridgehead atoms. The van der Waals surface area contributed by atoms with E-state index in [1.807, 2.05) is 28.8 Å². The number of amides is 1. The Bertz CT molecular complexity index is 777. The number of aromatic nitrogens is 3. The number of nitrogens with one attached hydrogen (secondary N) is 1. The summed E-state index contributed by atoms with van der Waals surface area (Å²) in [4.78, 5) is 12.4. The smallest absolute Gasteiger partial charge is 0.230 e. The van der Waals surface area contributed by atoms with Gasteiger partial charge in [0.05, 0.1) is 5.75 Å². The van der Waals surface area contributed by atoms with Crippen molar-refractivity contribution in [3.05, 3.63) is 29.3 Å². The van der Waals surface area contributed by atoms with Crippen molar-refractivity contribution in [1.82, 2.24) is 20.1 Å². The van der Waals surface area contributed by atoms with Crippen LogP contribution in [0.1, 0.15) is 40.0 Å². The molecule has 1 fully saturated rings. The first-order valence-corrected chi connectivity index (χ1v) is 11.0.